The summed E-state index contributed by atoms with van der Waals surface area (Å²) in [5.74, 6) is 0.296. The van der Waals surface area contributed by atoms with Crippen molar-refractivity contribution in [1.29, 1.82) is 0 Å². The van der Waals surface area contributed by atoms with Crippen LogP contribution in [-0.4, -0.2) is 27.4 Å². The van der Waals surface area contributed by atoms with Gasteiger partial charge in [0.15, 0.2) is 5.65 Å². The van der Waals surface area contributed by atoms with Crippen LogP contribution in [0.5, 0.6) is 11.6 Å². The number of methoxy groups -OCH3 is 1. The van der Waals surface area contributed by atoms with E-state index in [4.69, 9.17) is 19.4 Å². The van der Waals surface area contributed by atoms with Crippen molar-refractivity contribution in [3.05, 3.63) is 113 Å². The zero-order chi connectivity index (χ0) is 25.1. The summed E-state index contributed by atoms with van der Waals surface area (Å²) in [5.41, 5.74) is 5.09. The van der Waals surface area contributed by atoms with E-state index in [0.717, 1.165) is 22.4 Å². The first-order chi connectivity index (χ1) is 17.5. The van der Waals surface area contributed by atoms with Crippen LogP contribution < -0.4 is 9.47 Å². The molecule has 180 valence electrons. The number of aromatic nitrogens is 3. The predicted octanol–water partition coefficient (Wildman–Crippen LogP) is 5.65. The van der Waals surface area contributed by atoms with E-state index >= 15 is 0 Å². The molecule has 0 atom stereocenters. The number of hydrogen-bond donors (Lipinski definition) is 0. The van der Waals surface area contributed by atoms with E-state index in [1.807, 2.05) is 66.9 Å². The molecule has 5 rings (SSSR count). The molecule has 0 spiro atoms. The number of ether oxygens (including phenoxy) is 2. The first-order valence-electron chi connectivity index (χ1n) is 11.5. The molecule has 2 heterocycles. The van der Waals surface area contributed by atoms with E-state index in [2.05, 4.69) is 0 Å². The second kappa shape index (κ2) is 10.00. The Morgan fingerprint density at radius 1 is 0.889 bits per heavy atom. The molecule has 5 aromatic rings. The van der Waals surface area contributed by atoms with Crippen molar-refractivity contribution >= 4 is 11.6 Å². The summed E-state index contributed by atoms with van der Waals surface area (Å²) in [5, 5.41) is 0. The summed E-state index contributed by atoms with van der Waals surface area (Å²) >= 11 is 0. The Kier molecular flexibility index (Phi) is 6.45. The summed E-state index contributed by atoms with van der Waals surface area (Å²) in [4.78, 5) is 21.8. The average molecular weight is 482 g/mol. The zero-order valence-corrected chi connectivity index (χ0v) is 19.9. The second-order valence-electron chi connectivity index (χ2n) is 8.42. The highest BCUT2D eigenvalue weighted by Gasteiger charge is 2.21. The number of imidazole rings is 1. The summed E-state index contributed by atoms with van der Waals surface area (Å²) in [6, 6.07) is 23.8. The Bertz CT molecular complexity index is 1550. The monoisotopic (exact) mass is 481 g/mol. The summed E-state index contributed by atoms with van der Waals surface area (Å²) in [7, 11) is 1.61. The fraction of sp³-hybridized carbons (Fsp3) is 0.138. The standard InChI is InChI=1S/C29H24FN3O3/c1-19(34)36-29-26(17-21-9-7-13-24(15-21)35-2)32-28-25(16-20-8-6-12-23(30)14-20)31-27(18-33(28)29)22-10-4-3-5-11-22/h3-15,18H,16-17H2,1-2H3. The molecule has 36 heavy (non-hydrogen) atoms. The molecule has 0 aliphatic rings. The molecule has 2 aromatic heterocycles. The van der Waals surface area contributed by atoms with Crippen LogP contribution in [0.1, 0.15) is 29.4 Å². The van der Waals surface area contributed by atoms with Crippen molar-refractivity contribution in [2.75, 3.05) is 7.11 Å². The molecule has 0 N–H and O–H groups in total. The fourth-order valence-corrected chi connectivity index (χ4v) is 4.18. The van der Waals surface area contributed by atoms with E-state index in [0.29, 0.717) is 41.5 Å². The molecule has 0 saturated carbocycles. The average Bonchev–Trinajstić information content (AvgIpc) is 3.21. The van der Waals surface area contributed by atoms with Gasteiger partial charge in [0.2, 0.25) is 5.88 Å². The normalized spacial score (nSPS) is 11.0. The van der Waals surface area contributed by atoms with Gasteiger partial charge in [0, 0.05) is 31.5 Å². The minimum Gasteiger partial charge on any atom is -0.497 e. The molecule has 0 aliphatic carbocycles. The Hall–Kier alpha value is -4.52. The third-order valence-electron chi connectivity index (χ3n) is 5.78. The maximum Gasteiger partial charge on any atom is 0.309 e. The van der Waals surface area contributed by atoms with E-state index in [-0.39, 0.29) is 5.82 Å². The third-order valence-corrected chi connectivity index (χ3v) is 5.78. The second-order valence-corrected chi connectivity index (χ2v) is 8.42. The SMILES string of the molecule is COc1cccc(Cc2nc3c(Cc4cccc(F)c4)nc(-c4ccccc4)cn3c2OC(C)=O)c1. The van der Waals surface area contributed by atoms with Crippen LogP contribution >= 0.6 is 0 Å². The van der Waals surface area contributed by atoms with Crippen LogP contribution in [0.25, 0.3) is 16.9 Å². The third kappa shape index (κ3) is 4.95. The molecule has 0 unspecified atom stereocenters. The van der Waals surface area contributed by atoms with E-state index in [9.17, 15) is 9.18 Å². The predicted molar refractivity (Wildman–Crippen MR) is 135 cm³/mol. The number of nitrogens with zero attached hydrogens (tertiary/aromatic N) is 3. The van der Waals surface area contributed by atoms with E-state index in [1.165, 1.54) is 19.1 Å². The Balaban J connectivity index is 1.70. The summed E-state index contributed by atoms with van der Waals surface area (Å²) < 4.78 is 26.7. The van der Waals surface area contributed by atoms with Gasteiger partial charge in [-0.2, -0.15) is 0 Å². The van der Waals surface area contributed by atoms with Gasteiger partial charge in [-0.3, -0.25) is 9.20 Å². The lowest BCUT2D eigenvalue weighted by atomic mass is 10.1. The Morgan fingerprint density at radius 2 is 1.61 bits per heavy atom. The van der Waals surface area contributed by atoms with Crippen molar-refractivity contribution in [1.82, 2.24) is 14.4 Å². The maximum absolute atomic E-state index is 13.9. The highest BCUT2D eigenvalue weighted by molar-refractivity contribution is 5.71. The van der Waals surface area contributed by atoms with E-state index in [1.54, 1.807) is 17.6 Å². The molecule has 0 aliphatic heterocycles. The molecule has 0 radical (unpaired) electrons. The lowest BCUT2D eigenvalue weighted by Gasteiger charge is -2.10. The molecule has 0 bridgehead atoms. The number of fused-ring (bicyclic) bond motifs is 1. The first-order valence-corrected chi connectivity index (χ1v) is 11.5. The lowest BCUT2D eigenvalue weighted by molar-refractivity contribution is -0.132. The van der Waals surface area contributed by atoms with Crippen LogP contribution in [-0.2, 0) is 17.6 Å². The quantitative estimate of drug-likeness (QED) is 0.281. The minimum absolute atomic E-state index is 0.314. The van der Waals surface area contributed by atoms with Crippen LogP contribution in [0.2, 0.25) is 0 Å². The molecule has 6 nitrogen and oxygen atoms in total. The van der Waals surface area contributed by atoms with Crippen LogP contribution in [0.3, 0.4) is 0 Å². The highest BCUT2D eigenvalue weighted by Crippen LogP contribution is 2.30. The number of esters is 1. The molecule has 0 saturated heterocycles. The van der Waals surface area contributed by atoms with Gasteiger partial charge in [0.1, 0.15) is 17.3 Å². The fourth-order valence-electron chi connectivity index (χ4n) is 4.18. The van der Waals surface area contributed by atoms with Gasteiger partial charge in [-0.15, -0.1) is 0 Å². The minimum atomic E-state index is -0.451. The van der Waals surface area contributed by atoms with Gasteiger partial charge in [-0.05, 0) is 35.4 Å². The van der Waals surface area contributed by atoms with Crippen molar-refractivity contribution in [3.63, 3.8) is 0 Å². The molecule has 0 amide bonds. The van der Waals surface area contributed by atoms with E-state index < -0.39 is 5.97 Å². The highest BCUT2D eigenvalue weighted by atomic mass is 19.1. The largest absolute Gasteiger partial charge is 0.497 e. The van der Waals surface area contributed by atoms with Crippen LogP contribution in [0, 0.1) is 5.82 Å². The van der Waals surface area contributed by atoms with Gasteiger partial charge in [-0.25, -0.2) is 14.4 Å². The maximum atomic E-state index is 13.9. The van der Waals surface area contributed by atoms with Gasteiger partial charge in [0.05, 0.1) is 18.5 Å². The van der Waals surface area contributed by atoms with Crippen molar-refractivity contribution < 1.29 is 18.7 Å². The Labute approximate surface area is 208 Å². The topological polar surface area (TPSA) is 65.7 Å². The number of halogens is 1. The number of hydrogen-bond acceptors (Lipinski definition) is 5. The van der Waals surface area contributed by atoms with Crippen molar-refractivity contribution in [2.45, 2.75) is 19.8 Å². The van der Waals surface area contributed by atoms with Crippen molar-refractivity contribution in [3.8, 4) is 22.9 Å². The lowest BCUT2D eigenvalue weighted by Crippen LogP contribution is -2.07. The van der Waals surface area contributed by atoms with Crippen LogP contribution in [0.4, 0.5) is 4.39 Å². The smallest absolute Gasteiger partial charge is 0.309 e. The van der Waals surface area contributed by atoms with Crippen LogP contribution in [0.15, 0.2) is 85.1 Å². The number of carbonyl (C=O) groups is 1. The van der Waals surface area contributed by atoms with Gasteiger partial charge in [-0.1, -0.05) is 54.6 Å². The molecular formula is C29H24FN3O3. The molecule has 7 heteroatoms. The van der Waals surface area contributed by atoms with Gasteiger partial charge in [0.25, 0.3) is 0 Å². The molecule has 3 aromatic carbocycles. The molecule has 0 fully saturated rings. The number of carbonyl (C=O) groups excluding carboxylic acids is 1. The van der Waals surface area contributed by atoms with Crippen molar-refractivity contribution in [2.24, 2.45) is 0 Å². The van der Waals surface area contributed by atoms with Gasteiger partial charge < -0.3 is 9.47 Å². The summed E-state index contributed by atoms with van der Waals surface area (Å²) in [6.45, 7) is 1.36. The Morgan fingerprint density at radius 3 is 2.33 bits per heavy atom. The molecular weight excluding hydrogens is 457 g/mol. The first kappa shape index (κ1) is 23.2. The number of rotatable bonds is 7. The van der Waals surface area contributed by atoms with Gasteiger partial charge >= 0.3 is 5.97 Å². The number of benzene rings is 3. The zero-order valence-electron chi connectivity index (χ0n) is 19.9. The summed E-state index contributed by atoms with van der Waals surface area (Å²) in [6.07, 6.45) is 2.60.